The smallest absolute Gasteiger partial charge is 0.341 e. The summed E-state index contributed by atoms with van der Waals surface area (Å²) < 4.78 is 19.5. The normalized spacial score (nSPS) is 15.3. The number of imide groups is 1. The van der Waals surface area contributed by atoms with E-state index >= 15 is 0 Å². The predicted molar refractivity (Wildman–Crippen MR) is 113 cm³/mol. The Morgan fingerprint density at radius 2 is 1.90 bits per heavy atom. The largest absolute Gasteiger partial charge is 0.480 e. The fraction of sp³-hybridized carbons (Fsp3) is 0.105. The molecule has 10 heteroatoms. The van der Waals surface area contributed by atoms with Crippen LogP contribution in [-0.4, -0.2) is 33.7 Å². The highest BCUT2D eigenvalue weighted by Gasteiger charge is 2.35. The Bertz CT molecular complexity index is 1030. The number of carbonyl (C=O) groups is 3. The molecule has 0 bridgehead atoms. The van der Waals surface area contributed by atoms with Crippen LogP contribution in [0.15, 0.2) is 50.2 Å². The fourth-order valence-electron chi connectivity index (χ4n) is 2.52. The number of ether oxygens (including phenoxy) is 1. The molecule has 0 saturated carbocycles. The first-order valence-electron chi connectivity index (χ1n) is 8.08. The van der Waals surface area contributed by atoms with Crippen molar-refractivity contribution in [3.63, 3.8) is 0 Å². The molecule has 0 radical (unpaired) electrons. The van der Waals surface area contributed by atoms with Crippen molar-refractivity contribution in [1.82, 2.24) is 4.90 Å². The van der Waals surface area contributed by atoms with Crippen LogP contribution >= 0.6 is 43.6 Å². The Morgan fingerprint density at radius 3 is 2.55 bits per heavy atom. The molecule has 1 aliphatic rings. The molecule has 0 unspecified atom stereocenters. The van der Waals surface area contributed by atoms with E-state index in [4.69, 9.17) is 9.84 Å². The van der Waals surface area contributed by atoms with Crippen LogP contribution in [-0.2, 0) is 16.1 Å². The minimum atomic E-state index is -1.15. The molecule has 6 nitrogen and oxygen atoms in total. The second-order valence-corrected chi connectivity index (χ2v) is 8.65. The maximum atomic E-state index is 13.1. The van der Waals surface area contributed by atoms with E-state index in [9.17, 15) is 18.8 Å². The standard InChI is InChI=1S/C19H12Br2FNO5S/c20-12-5-11(17(14(21)7-12)28-9-16(24)25)6-15-18(26)23(19(27)29-15)8-10-1-3-13(22)4-2-10/h1-7H,8-9H2,(H,24,25)/b15-6-. The molecule has 1 fully saturated rings. The second-order valence-electron chi connectivity index (χ2n) is 5.88. The van der Waals surface area contributed by atoms with Crippen LogP contribution in [0.2, 0.25) is 0 Å². The zero-order valence-corrected chi connectivity index (χ0v) is 18.5. The summed E-state index contributed by atoms with van der Waals surface area (Å²) in [7, 11) is 0. The van der Waals surface area contributed by atoms with Gasteiger partial charge in [-0.1, -0.05) is 28.1 Å². The Kier molecular flexibility index (Phi) is 6.76. The van der Waals surface area contributed by atoms with E-state index in [1.807, 2.05) is 0 Å². The maximum Gasteiger partial charge on any atom is 0.341 e. The molecule has 2 amide bonds. The van der Waals surface area contributed by atoms with Gasteiger partial charge in [-0.05, 0) is 63.6 Å². The molecule has 0 spiro atoms. The molecule has 2 aromatic carbocycles. The van der Waals surface area contributed by atoms with Crippen LogP contribution in [0.1, 0.15) is 11.1 Å². The first kappa shape index (κ1) is 21.5. The van der Waals surface area contributed by atoms with Gasteiger partial charge < -0.3 is 9.84 Å². The number of thioether (sulfide) groups is 1. The number of aliphatic carboxylic acids is 1. The SMILES string of the molecule is O=C(O)COc1c(Br)cc(Br)cc1/C=C1\SC(=O)N(Cc2ccc(F)cc2)C1=O. The zero-order valence-electron chi connectivity index (χ0n) is 14.5. The number of amides is 2. The summed E-state index contributed by atoms with van der Waals surface area (Å²) in [4.78, 5) is 37.1. The van der Waals surface area contributed by atoms with E-state index in [0.717, 1.165) is 16.7 Å². The molecule has 3 rings (SSSR count). The van der Waals surface area contributed by atoms with Crippen molar-refractivity contribution in [2.24, 2.45) is 0 Å². The highest BCUT2D eigenvalue weighted by atomic mass is 79.9. The first-order chi connectivity index (χ1) is 13.7. The summed E-state index contributed by atoms with van der Waals surface area (Å²) in [5.41, 5.74) is 1.05. The first-order valence-corrected chi connectivity index (χ1v) is 10.5. The van der Waals surface area contributed by atoms with Crippen molar-refractivity contribution in [3.8, 4) is 5.75 Å². The Labute approximate surface area is 186 Å². The summed E-state index contributed by atoms with van der Waals surface area (Å²) >= 11 is 7.41. The number of rotatable bonds is 6. The summed E-state index contributed by atoms with van der Waals surface area (Å²) in [6, 6.07) is 8.85. The van der Waals surface area contributed by atoms with Gasteiger partial charge in [-0.15, -0.1) is 0 Å². The van der Waals surface area contributed by atoms with Gasteiger partial charge in [-0.2, -0.15) is 0 Å². The monoisotopic (exact) mass is 543 g/mol. The molecule has 1 N–H and O–H groups in total. The molecule has 150 valence electrons. The second kappa shape index (κ2) is 9.10. The van der Waals surface area contributed by atoms with Gasteiger partial charge in [-0.25, -0.2) is 9.18 Å². The third-order valence-electron chi connectivity index (χ3n) is 3.79. The molecule has 0 atom stereocenters. The van der Waals surface area contributed by atoms with Gasteiger partial charge in [0.15, 0.2) is 6.61 Å². The van der Waals surface area contributed by atoms with Crippen molar-refractivity contribution < 1.29 is 28.6 Å². The summed E-state index contributed by atoms with van der Waals surface area (Å²) in [5.74, 6) is -1.81. The number of nitrogens with zero attached hydrogens (tertiary/aromatic N) is 1. The number of hydrogen-bond acceptors (Lipinski definition) is 5. The maximum absolute atomic E-state index is 13.1. The van der Waals surface area contributed by atoms with Crippen LogP contribution < -0.4 is 4.74 Å². The minimum Gasteiger partial charge on any atom is -0.480 e. The average Bonchev–Trinajstić information content (AvgIpc) is 2.90. The summed E-state index contributed by atoms with van der Waals surface area (Å²) in [6.45, 7) is -0.542. The van der Waals surface area contributed by atoms with Gasteiger partial charge in [0.2, 0.25) is 0 Å². The topological polar surface area (TPSA) is 83.9 Å². The van der Waals surface area contributed by atoms with E-state index in [1.165, 1.54) is 30.3 Å². The number of carbonyl (C=O) groups excluding carboxylic acids is 2. The third-order valence-corrected chi connectivity index (χ3v) is 5.75. The number of carboxylic acids is 1. The van der Waals surface area contributed by atoms with E-state index in [2.05, 4.69) is 31.9 Å². The van der Waals surface area contributed by atoms with Gasteiger partial charge in [0, 0.05) is 10.0 Å². The summed E-state index contributed by atoms with van der Waals surface area (Å²) in [5, 5.41) is 8.41. The van der Waals surface area contributed by atoms with E-state index < -0.39 is 29.5 Å². The quantitative estimate of drug-likeness (QED) is 0.512. The lowest BCUT2D eigenvalue weighted by atomic mass is 10.1. The van der Waals surface area contributed by atoms with Crippen LogP contribution in [0, 0.1) is 5.82 Å². The van der Waals surface area contributed by atoms with Gasteiger partial charge in [0.25, 0.3) is 11.1 Å². The van der Waals surface area contributed by atoms with E-state index in [0.29, 0.717) is 20.1 Å². The number of carboxylic acid groups (broad SMARTS) is 1. The van der Waals surface area contributed by atoms with Crippen molar-refractivity contribution in [2.45, 2.75) is 6.54 Å². The third kappa shape index (κ3) is 5.26. The van der Waals surface area contributed by atoms with E-state index in [-0.39, 0.29) is 17.2 Å². The lowest BCUT2D eigenvalue weighted by Gasteiger charge is -2.13. The van der Waals surface area contributed by atoms with Crippen LogP contribution in [0.3, 0.4) is 0 Å². The molecule has 29 heavy (non-hydrogen) atoms. The van der Waals surface area contributed by atoms with Crippen molar-refractivity contribution in [1.29, 1.82) is 0 Å². The molecular formula is C19H12Br2FNO5S. The average molecular weight is 545 g/mol. The fourth-order valence-corrected chi connectivity index (χ4v) is 4.73. The van der Waals surface area contributed by atoms with Crippen molar-refractivity contribution >= 4 is 66.8 Å². The van der Waals surface area contributed by atoms with Crippen LogP contribution in [0.5, 0.6) is 5.75 Å². The lowest BCUT2D eigenvalue weighted by Crippen LogP contribution is -2.27. The number of benzene rings is 2. The molecule has 2 aromatic rings. The minimum absolute atomic E-state index is 0.0207. The van der Waals surface area contributed by atoms with Crippen molar-refractivity contribution in [3.05, 3.63) is 67.2 Å². The van der Waals surface area contributed by atoms with Gasteiger partial charge >= 0.3 is 5.97 Å². The Morgan fingerprint density at radius 1 is 1.21 bits per heavy atom. The van der Waals surface area contributed by atoms with Crippen LogP contribution in [0.25, 0.3) is 6.08 Å². The number of hydrogen-bond donors (Lipinski definition) is 1. The van der Waals surface area contributed by atoms with Gasteiger partial charge in [0.1, 0.15) is 11.6 Å². The Hall–Kier alpha value is -2.17. The number of halogens is 3. The van der Waals surface area contributed by atoms with Crippen molar-refractivity contribution in [2.75, 3.05) is 6.61 Å². The molecular weight excluding hydrogens is 533 g/mol. The zero-order chi connectivity index (χ0) is 21.1. The molecule has 0 aliphatic carbocycles. The van der Waals surface area contributed by atoms with Gasteiger partial charge in [-0.3, -0.25) is 14.5 Å². The van der Waals surface area contributed by atoms with E-state index in [1.54, 1.807) is 12.1 Å². The molecule has 1 saturated heterocycles. The lowest BCUT2D eigenvalue weighted by molar-refractivity contribution is -0.139. The molecule has 0 aromatic heterocycles. The Balaban J connectivity index is 1.89. The highest BCUT2D eigenvalue weighted by Crippen LogP contribution is 2.38. The molecule has 1 aliphatic heterocycles. The van der Waals surface area contributed by atoms with Crippen LogP contribution in [0.4, 0.5) is 9.18 Å². The summed E-state index contributed by atoms with van der Waals surface area (Å²) in [6.07, 6.45) is 1.47. The highest BCUT2D eigenvalue weighted by molar-refractivity contribution is 9.11. The predicted octanol–water partition coefficient (Wildman–Crippen LogP) is 5.05. The van der Waals surface area contributed by atoms with Gasteiger partial charge in [0.05, 0.1) is 15.9 Å². The molecule has 1 heterocycles.